The van der Waals surface area contributed by atoms with Gasteiger partial charge in [-0.25, -0.2) is 4.79 Å². The third-order valence-electron chi connectivity index (χ3n) is 6.27. The van der Waals surface area contributed by atoms with Crippen LogP contribution in [0.3, 0.4) is 0 Å². The summed E-state index contributed by atoms with van der Waals surface area (Å²) in [5.74, 6) is 0.478. The van der Waals surface area contributed by atoms with Crippen molar-refractivity contribution in [3.8, 4) is 5.75 Å². The molecule has 0 saturated carbocycles. The molecule has 1 aliphatic rings. The van der Waals surface area contributed by atoms with Gasteiger partial charge in [-0.05, 0) is 67.9 Å². The number of aliphatic carboxylic acids is 1. The average molecular weight is 438 g/mol. The molecule has 1 N–H and O–H groups in total. The molecule has 1 aliphatic heterocycles. The number of carboxylic acid groups (broad SMARTS) is 1. The van der Waals surface area contributed by atoms with Crippen LogP contribution in [0.1, 0.15) is 75.5 Å². The van der Waals surface area contributed by atoms with E-state index in [1.165, 1.54) is 11.1 Å². The lowest BCUT2D eigenvalue weighted by Gasteiger charge is -2.33. The van der Waals surface area contributed by atoms with Crippen LogP contribution in [0, 0.1) is 0 Å². The molecule has 1 amide bonds. The van der Waals surface area contributed by atoms with Gasteiger partial charge in [0.25, 0.3) is 0 Å². The van der Waals surface area contributed by atoms with E-state index in [1.54, 1.807) is 19.9 Å². The number of rotatable bonds is 8. The maximum atomic E-state index is 12.9. The maximum absolute atomic E-state index is 12.9. The first-order valence-electron chi connectivity index (χ1n) is 11.5. The van der Waals surface area contributed by atoms with Crippen LogP contribution in [0.4, 0.5) is 0 Å². The summed E-state index contributed by atoms with van der Waals surface area (Å²) >= 11 is 0. The number of amides is 1. The van der Waals surface area contributed by atoms with Crippen LogP contribution in [0.15, 0.2) is 48.5 Å². The van der Waals surface area contributed by atoms with Gasteiger partial charge in [0, 0.05) is 25.4 Å². The molecule has 1 saturated heterocycles. The first-order chi connectivity index (χ1) is 15.2. The molecule has 0 unspecified atom stereocenters. The van der Waals surface area contributed by atoms with E-state index in [9.17, 15) is 14.7 Å². The Balaban J connectivity index is 1.59. The van der Waals surface area contributed by atoms with E-state index in [1.807, 2.05) is 23.1 Å². The molecular formula is C27H35NO4. The third-order valence-corrected chi connectivity index (χ3v) is 6.27. The first-order valence-corrected chi connectivity index (χ1v) is 11.5. The molecule has 2 aromatic carbocycles. The summed E-state index contributed by atoms with van der Waals surface area (Å²) in [6.45, 7) is 8.93. The molecule has 1 heterocycles. The standard InChI is InChI=1S/C27H35NO4/c1-19(2)21-13-10-20(11-14-21)12-15-25(29)28-16-6-8-23(18-28)22-7-5-9-24(17-22)32-27(3,4)26(30)31/h5,7,9-11,13-14,17,19,23H,6,8,12,15-16,18H2,1-4H3,(H,30,31)/t23-/m0/s1. The highest BCUT2D eigenvalue weighted by molar-refractivity contribution is 5.77. The number of hydrogen-bond acceptors (Lipinski definition) is 3. The minimum Gasteiger partial charge on any atom is -0.478 e. The lowest BCUT2D eigenvalue weighted by Crippen LogP contribution is -2.39. The Kier molecular flexibility index (Phi) is 7.60. The molecule has 32 heavy (non-hydrogen) atoms. The Morgan fingerprint density at radius 1 is 1.16 bits per heavy atom. The fraction of sp³-hybridized carbons (Fsp3) is 0.481. The molecule has 1 atom stereocenters. The van der Waals surface area contributed by atoms with Crippen LogP contribution < -0.4 is 4.74 Å². The minimum atomic E-state index is -1.29. The summed E-state index contributed by atoms with van der Waals surface area (Å²) in [5, 5.41) is 9.32. The van der Waals surface area contributed by atoms with Crippen molar-refractivity contribution in [2.24, 2.45) is 0 Å². The van der Waals surface area contributed by atoms with Crippen molar-refractivity contribution in [3.05, 3.63) is 65.2 Å². The molecule has 2 aromatic rings. The number of likely N-dealkylation sites (tertiary alicyclic amines) is 1. The molecule has 0 aromatic heterocycles. The van der Waals surface area contributed by atoms with Crippen molar-refractivity contribution in [3.63, 3.8) is 0 Å². The summed E-state index contributed by atoms with van der Waals surface area (Å²) in [7, 11) is 0. The van der Waals surface area contributed by atoms with E-state index >= 15 is 0 Å². The molecular weight excluding hydrogens is 402 g/mol. The molecule has 5 nitrogen and oxygen atoms in total. The highest BCUT2D eigenvalue weighted by Gasteiger charge is 2.30. The zero-order valence-electron chi connectivity index (χ0n) is 19.6. The van der Waals surface area contributed by atoms with E-state index in [0.717, 1.165) is 31.4 Å². The summed E-state index contributed by atoms with van der Waals surface area (Å²) in [4.78, 5) is 26.2. The smallest absolute Gasteiger partial charge is 0.347 e. The van der Waals surface area contributed by atoms with Crippen molar-refractivity contribution in [2.75, 3.05) is 13.1 Å². The number of hydrogen-bond donors (Lipinski definition) is 1. The quantitative estimate of drug-likeness (QED) is 0.601. The second kappa shape index (κ2) is 10.2. The van der Waals surface area contributed by atoms with Crippen LogP contribution in [0.25, 0.3) is 0 Å². The second-order valence-electron chi connectivity index (χ2n) is 9.57. The Morgan fingerprint density at radius 2 is 1.88 bits per heavy atom. The summed E-state index contributed by atoms with van der Waals surface area (Å²) < 4.78 is 5.70. The lowest BCUT2D eigenvalue weighted by atomic mass is 9.90. The van der Waals surface area contributed by atoms with Gasteiger partial charge in [-0.1, -0.05) is 50.2 Å². The van der Waals surface area contributed by atoms with Gasteiger partial charge in [0.15, 0.2) is 5.60 Å². The first kappa shape index (κ1) is 23.8. The number of piperidine rings is 1. The van der Waals surface area contributed by atoms with Crippen LogP contribution in [0.2, 0.25) is 0 Å². The van der Waals surface area contributed by atoms with Gasteiger partial charge >= 0.3 is 5.97 Å². The van der Waals surface area contributed by atoms with Crippen LogP contribution >= 0.6 is 0 Å². The number of nitrogens with zero attached hydrogens (tertiary/aromatic N) is 1. The van der Waals surface area contributed by atoms with Crippen molar-refractivity contribution in [1.82, 2.24) is 4.90 Å². The molecule has 1 fully saturated rings. The summed E-state index contributed by atoms with van der Waals surface area (Å²) in [6, 6.07) is 16.2. The Labute approximate surface area is 191 Å². The second-order valence-corrected chi connectivity index (χ2v) is 9.57. The van der Waals surface area contributed by atoms with Crippen LogP contribution in [-0.2, 0) is 16.0 Å². The average Bonchev–Trinajstić information content (AvgIpc) is 2.77. The minimum absolute atomic E-state index is 0.196. The SMILES string of the molecule is CC(C)c1ccc(CCC(=O)N2CCC[C@H](c3cccc(OC(C)(C)C(=O)O)c3)C2)cc1. The van der Waals surface area contributed by atoms with Crippen molar-refractivity contribution >= 4 is 11.9 Å². The normalized spacial score (nSPS) is 16.8. The third kappa shape index (κ3) is 6.12. The van der Waals surface area contributed by atoms with Gasteiger partial charge < -0.3 is 14.7 Å². The van der Waals surface area contributed by atoms with E-state index in [0.29, 0.717) is 24.6 Å². The molecule has 3 rings (SSSR count). The largest absolute Gasteiger partial charge is 0.478 e. The predicted octanol–water partition coefficient (Wildman–Crippen LogP) is 5.39. The number of ether oxygens (including phenoxy) is 1. The number of aryl methyl sites for hydroxylation is 1. The monoisotopic (exact) mass is 437 g/mol. The van der Waals surface area contributed by atoms with Gasteiger partial charge in [-0.3, -0.25) is 4.79 Å². The predicted molar refractivity (Wildman–Crippen MR) is 126 cm³/mol. The van der Waals surface area contributed by atoms with Gasteiger partial charge in [0.2, 0.25) is 5.91 Å². The molecule has 172 valence electrons. The zero-order valence-corrected chi connectivity index (χ0v) is 19.6. The lowest BCUT2D eigenvalue weighted by molar-refractivity contribution is -0.152. The highest BCUT2D eigenvalue weighted by Crippen LogP contribution is 2.30. The molecule has 0 aliphatic carbocycles. The van der Waals surface area contributed by atoms with Crippen molar-refractivity contribution in [1.29, 1.82) is 0 Å². The van der Waals surface area contributed by atoms with Gasteiger partial charge in [0.1, 0.15) is 5.75 Å². The topological polar surface area (TPSA) is 66.8 Å². The molecule has 0 radical (unpaired) electrons. The number of carboxylic acids is 1. The molecule has 0 spiro atoms. The summed E-state index contributed by atoms with van der Waals surface area (Å²) in [5.41, 5.74) is 2.31. The fourth-order valence-electron chi connectivity index (χ4n) is 4.12. The molecule has 5 heteroatoms. The van der Waals surface area contributed by atoms with Gasteiger partial charge in [-0.15, -0.1) is 0 Å². The maximum Gasteiger partial charge on any atom is 0.347 e. The van der Waals surface area contributed by atoms with E-state index in [2.05, 4.69) is 38.1 Å². The Hall–Kier alpha value is -2.82. The zero-order chi connectivity index (χ0) is 23.3. The van der Waals surface area contributed by atoms with Gasteiger partial charge in [0.05, 0.1) is 0 Å². The number of carbonyl (C=O) groups excluding carboxylic acids is 1. The Morgan fingerprint density at radius 3 is 2.53 bits per heavy atom. The summed E-state index contributed by atoms with van der Waals surface area (Å²) in [6.07, 6.45) is 3.24. The van der Waals surface area contributed by atoms with Crippen LogP contribution in [-0.4, -0.2) is 40.6 Å². The van der Waals surface area contributed by atoms with E-state index in [-0.39, 0.29) is 11.8 Å². The molecule has 0 bridgehead atoms. The van der Waals surface area contributed by atoms with Crippen molar-refractivity contribution in [2.45, 2.75) is 70.8 Å². The van der Waals surface area contributed by atoms with Gasteiger partial charge in [-0.2, -0.15) is 0 Å². The number of benzene rings is 2. The number of carbonyl (C=O) groups is 2. The fourth-order valence-corrected chi connectivity index (χ4v) is 4.12. The van der Waals surface area contributed by atoms with E-state index < -0.39 is 11.6 Å². The Bertz CT molecular complexity index is 933. The van der Waals surface area contributed by atoms with E-state index in [4.69, 9.17) is 4.74 Å². The highest BCUT2D eigenvalue weighted by atomic mass is 16.5. The van der Waals surface area contributed by atoms with Crippen molar-refractivity contribution < 1.29 is 19.4 Å². The van der Waals surface area contributed by atoms with Crippen LogP contribution in [0.5, 0.6) is 5.75 Å².